The van der Waals surface area contributed by atoms with Crippen LogP contribution in [0.1, 0.15) is 30.5 Å². The zero-order valence-corrected chi connectivity index (χ0v) is 19.7. The Kier molecular flexibility index (Phi) is 6.16. The highest BCUT2D eigenvalue weighted by atomic mass is 19.4. The zero-order valence-electron chi connectivity index (χ0n) is 19.7. The summed E-state index contributed by atoms with van der Waals surface area (Å²) in [4.78, 5) is 20.3. The number of amides is 1. The van der Waals surface area contributed by atoms with E-state index >= 15 is 0 Å². The van der Waals surface area contributed by atoms with E-state index < -0.39 is 41.4 Å². The van der Waals surface area contributed by atoms with Crippen LogP contribution < -0.4 is 9.80 Å². The van der Waals surface area contributed by atoms with Crippen LogP contribution >= 0.6 is 0 Å². The van der Waals surface area contributed by atoms with E-state index in [1.54, 1.807) is 19.2 Å². The number of anilines is 2. The minimum absolute atomic E-state index is 0.0108. The van der Waals surface area contributed by atoms with Crippen LogP contribution in [0, 0.1) is 5.92 Å². The molecule has 3 atom stereocenters. The number of aromatic nitrogens is 1. The summed E-state index contributed by atoms with van der Waals surface area (Å²) in [6.45, 7) is 0. The topological polar surface area (TPSA) is 36.4 Å². The predicted molar refractivity (Wildman–Crippen MR) is 127 cm³/mol. The summed E-state index contributed by atoms with van der Waals surface area (Å²) in [6.07, 6.45) is -8.33. The van der Waals surface area contributed by atoms with Gasteiger partial charge in [-0.2, -0.15) is 26.3 Å². The minimum Gasteiger partial charge on any atom is -0.341 e. The summed E-state index contributed by atoms with van der Waals surface area (Å²) in [5.74, 6) is -1.07. The first-order chi connectivity index (χ1) is 17.4. The van der Waals surface area contributed by atoms with Crippen LogP contribution in [0.5, 0.6) is 0 Å². The van der Waals surface area contributed by atoms with Gasteiger partial charge < -0.3 is 9.80 Å². The van der Waals surface area contributed by atoms with Crippen LogP contribution in [-0.4, -0.2) is 30.0 Å². The van der Waals surface area contributed by atoms with Gasteiger partial charge in [0.05, 0.1) is 11.3 Å². The molecule has 0 N–H and O–H groups in total. The fourth-order valence-corrected chi connectivity index (χ4v) is 5.54. The van der Waals surface area contributed by atoms with Crippen LogP contribution in [0.15, 0.2) is 66.7 Å². The van der Waals surface area contributed by atoms with Gasteiger partial charge >= 0.3 is 12.4 Å². The van der Waals surface area contributed by atoms with Crippen LogP contribution in [0.25, 0.3) is 11.1 Å². The number of carbonyl (C=O) groups excluding carboxylic acids is 1. The van der Waals surface area contributed by atoms with Crippen molar-refractivity contribution in [2.75, 3.05) is 16.8 Å². The van der Waals surface area contributed by atoms with Gasteiger partial charge in [-0.05, 0) is 48.9 Å². The Hall–Kier alpha value is -3.56. The second kappa shape index (κ2) is 9.08. The van der Waals surface area contributed by atoms with Crippen molar-refractivity contribution in [2.24, 2.45) is 5.92 Å². The second-order valence-electron chi connectivity index (χ2n) is 9.45. The average molecular weight is 519 g/mol. The van der Waals surface area contributed by atoms with Crippen molar-refractivity contribution in [3.63, 3.8) is 0 Å². The lowest BCUT2D eigenvalue weighted by atomic mass is 9.96. The first-order valence-electron chi connectivity index (χ1n) is 11.8. The molecule has 3 aromatic rings. The Labute approximate surface area is 209 Å². The van der Waals surface area contributed by atoms with Gasteiger partial charge in [0.1, 0.15) is 17.6 Å². The Morgan fingerprint density at radius 2 is 1.59 bits per heavy atom. The number of fused-ring (bicyclic) bond motifs is 2. The van der Waals surface area contributed by atoms with E-state index in [4.69, 9.17) is 0 Å². The van der Waals surface area contributed by atoms with Gasteiger partial charge in [0.25, 0.3) is 0 Å². The van der Waals surface area contributed by atoms with Crippen LogP contribution in [0.4, 0.5) is 37.8 Å². The Morgan fingerprint density at radius 1 is 0.919 bits per heavy atom. The van der Waals surface area contributed by atoms with Gasteiger partial charge in [-0.15, -0.1) is 0 Å². The van der Waals surface area contributed by atoms with E-state index in [-0.39, 0.29) is 18.0 Å². The molecule has 2 bridgehead atoms. The van der Waals surface area contributed by atoms with Crippen molar-refractivity contribution in [2.45, 2.75) is 43.7 Å². The SMILES string of the molecule is CN(C(=O)[C@@H]1[C@H]2CC[C@H](C2)N1c1cc(C(F)(F)F)cc(C(F)(F)F)n1)c1ccccc1-c1ccccc1. The molecule has 0 unspecified atom stereocenters. The monoisotopic (exact) mass is 519 g/mol. The van der Waals surface area contributed by atoms with Gasteiger partial charge in [-0.25, -0.2) is 4.98 Å². The highest BCUT2D eigenvalue weighted by molar-refractivity contribution is 6.02. The number of piperidine rings is 1. The molecule has 1 amide bonds. The van der Waals surface area contributed by atoms with Gasteiger partial charge in [-0.1, -0.05) is 48.5 Å². The molecule has 37 heavy (non-hydrogen) atoms. The molecule has 2 aliphatic rings. The predicted octanol–water partition coefficient (Wildman–Crippen LogP) is 6.81. The number of likely N-dealkylation sites (N-methyl/N-ethyl adjacent to an activating group) is 1. The molecule has 2 aromatic carbocycles. The fraction of sp³-hybridized carbons (Fsp3) is 0.333. The number of halogens is 6. The van der Waals surface area contributed by atoms with Gasteiger partial charge in [0.2, 0.25) is 5.91 Å². The number of hydrogen-bond acceptors (Lipinski definition) is 3. The first-order valence-corrected chi connectivity index (χ1v) is 11.8. The van der Waals surface area contributed by atoms with Crippen LogP contribution in [0.3, 0.4) is 0 Å². The molecule has 1 saturated carbocycles. The number of benzene rings is 2. The maximum absolute atomic E-state index is 13.9. The molecule has 0 radical (unpaired) electrons. The standard InChI is InChI=1S/C27H23F6N3O/c1-35(21-10-6-5-9-20(21)16-7-3-2-4-8-16)25(37)24-17-11-12-19(13-17)36(24)23-15-18(26(28,29)30)14-22(34-23)27(31,32)33/h2-10,14-15,17,19,24H,11-13H2,1H3/t17-,19+,24-/m0/s1. The molecule has 4 nitrogen and oxygen atoms in total. The van der Waals surface area contributed by atoms with Crippen LogP contribution in [0.2, 0.25) is 0 Å². The smallest absolute Gasteiger partial charge is 0.341 e. The van der Waals surface area contributed by atoms with E-state index in [1.807, 2.05) is 42.5 Å². The maximum Gasteiger partial charge on any atom is 0.433 e. The molecular weight excluding hydrogens is 496 g/mol. The highest BCUT2D eigenvalue weighted by Crippen LogP contribution is 2.47. The zero-order chi connectivity index (χ0) is 26.5. The quantitative estimate of drug-likeness (QED) is 0.356. The Bertz CT molecular complexity index is 1280. The molecule has 1 aromatic heterocycles. The number of hydrogen-bond donors (Lipinski definition) is 0. The van der Waals surface area contributed by atoms with E-state index in [0.29, 0.717) is 31.0 Å². The molecular formula is C27H23F6N3O. The molecule has 1 saturated heterocycles. The van der Waals surface area contributed by atoms with Gasteiger partial charge in [-0.3, -0.25) is 4.79 Å². The van der Waals surface area contributed by atoms with Gasteiger partial charge in [0.15, 0.2) is 0 Å². The largest absolute Gasteiger partial charge is 0.433 e. The third kappa shape index (κ3) is 4.65. The number of nitrogens with zero attached hydrogens (tertiary/aromatic N) is 3. The summed E-state index contributed by atoms with van der Waals surface area (Å²) in [7, 11) is 1.58. The number of para-hydroxylation sites is 1. The molecule has 1 aliphatic heterocycles. The summed E-state index contributed by atoms with van der Waals surface area (Å²) in [5, 5.41) is 0. The molecule has 2 heterocycles. The van der Waals surface area contributed by atoms with Crippen molar-refractivity contribution >= 4 is 17.4 Å². The molecule has 1 aliphatic carbocycles. The Balaban J connectivity index is 1.55. The van der Waals surface area contributed by atoms with Crippen LogP contribution in [-0.2, 0) is 17.1 Å². The normalized spacial score (nSPS) is 21.4. The van der Waals surface area contributed by atoms with E-state index in [2.05, 4.69) is 4.98 Å². The lowest BCUT2D eigenvalue weighted by molar-refractivity contribution is -0.145. The molecule has 10 heteroatoms. The summed E-state index contributed by atoms with van der Waals surface area (Å²) in [6, 6.07) is 16.0. The number of carbonyl (C=O) groups is 1. The number of rotatable bonds is 4. The third-order valence-corrected chi connectivity index (χ3v) is 7.21. The van der Waals surface area contributed by atoms with Crippen molar-refractivity contribution in [1.82, 2.24) is 4.98 Å². The lowest BCUT2D eigenvalue weighted by Gasteiger charge is -2.38. The number of pyridine rings is 1. The molecule has 2 fully saturated rings. The molecule has 0 spiro atoms. The second-order valence-corrected chi connectivity index (χ2v) is 9.45. The van der Waals surface area contributed by atoms with Crippen molar-refractivity contribution < 1.29 is 31.1 Å². The van der Waals surface area contributed by atoms with Gasteiger partial charge in [0, 0.05) is 18.7 Å². The highest BCUT2D eigenvalue weighted by Gasteiger charge is 2.51. The maximum atomic E-state index is 13.9. The summed E-state index contributed by atoms with van der Waals surface area (Å²) < 4.78 is 81.1. The molecule has 5 rings (SSSR count). The third-order valence-electron chi connectivity index (χ3n) is 7.21. The minimum atomic E-state index is -5.07. The average Bonchev–Trinajstić information content (AvgIpc) is 3.49. The summed E-state index contributed by atoms with van der Waals surface area (Å²) >= 11 is 0. The van der Waals surface area contributed by atoms with E-state index in [9.17, 15) is 31.1 Å². The van der Waals surface area contributed by atoms with Crippen molar-refractivity contribution in [3.05, 3.63) is 78.0 Å². The van der Waals surface area contributed by atoms with E-state index in [0.717, 1.165) is 11.1 Å². The fourth-order valence-electron chi connectivity index (χ4n) is 5.54. The Morgan fingerprint density at radius 3 is 2.27 bits per heavy atom. The van der Waals surface area contributed by atoms with Crippen molar-refractivity contribution in [3.8, 4) is 11.1 Å². The lowest BCUT2D eigenvalue weighted by Crippen LogP contribution is -2.51. The van der Waals surface area contributed by atoms with Crippen molar-refractivity contribution in [1.29, 1.82) is 0 Å². The first kappa shape index (κ1) is 25.1. The van der Waals surface area contributed by atoms with E-state index in [1.165, 1.54) is 9.80 Å². The number of alkyl halides is 6. The molecule has 194 valence electrons. The summed E-state index contributed by atoms with van der Waals surface area (Å²) in [5.41, 5.74) is -0.827.